The van der Waals surface area contributed by atoms with Crippen LogP contribution in [-0.2, 0) is 6.42 Å². The van der Waals surface area contributed by atoms with Crippen molar-refractivity contribution in [2.75, 3.05) is 6.54 Å². The lowest BCUT2D eigenvalue weighted by Gasteiger charge is -1.97. The summed E-state index contributed by atoms with van der Waals surface area (Å²) < 4.78 is 4.88. The van der Waals surface area contributed by atoms with Crippen molar-refractivity contribution in [1.82, 2.24) is 15.1 Å². The zero-order chi connectivity index (χ0) is 11.5. The summed E-state index contributed by atoms with van der Waals surface area (Å²) in [6.45, 7) is 2.00. The molecule has 2 aromatic heterocycles. The molecule has 16 heavy (non-hydrogen) atoms. The average molecular weight is 240 g/mol. The summed E-state index contributed by atoms with van der Waals surface area (Å²) in [7, 11) is 0. The van der Waals surface area contributed by atoms with Gasteiger partial charge in [-0.25, -0.2) is 4.98 Å². The molecule has 6 nitrogen and oxygen atoms in total. The fraction of sp³-hybridized carbons (Fsp3) is 0.444. The summed E-state index contributed by atoms with van der Waals surface area (Å²) in [6, 6.07) is 0. The monoisotopic (exact) mass is 240 g/mol. The minimum Gasteiger partial charge on any atom is -0.382 e. The van der Waals surface area contributed by atoms with E-state index < -0.39 is 6.10 Å². The van der Waals surface area contributed by atoms with Crippen LogP contribution in [0.15, 0.2) is 9.90 Å². The van der Waals surface area contributed by atoms with E-state index in [0.29, 0.717) is 12.2 Å². The van der Waals surface area contributed by atoms with Gasteiger partial charge in [-0.1, -0.05) is 5.16 Å². The van der Waals surface area contributed by atoms with Crippen LogP contribution in [0, 0.1) is 6.92 Å². The average Bonchev–Trinajstić information content (AvgIpc) is 2.87. The second-order valence-corrected chi connectivity index (χ2v) is 4.30. The van der Waals surface area contributed by atoms with Crippen LogP contribution in [0.2, 0.25) is 0 Å². The Hall–Kier alpha value is -1.31. The first-order chi connectivity index (χ1) is 7.69. The number of aliphatic hydroxyl groups excluding tert-OH is 1. The zero-order valence-corrected chi connectivity index (χ0v) is 9.57. The van der Waals surface area contributed by atoms with E-state index >= 15 is 0 Å². The van der Waals surface area contributed by atoms with Crippen molar-refractivity contribution in [1.29, 1.82) is 0 Å². The molecule has 0 spiro atoms. The molecule has 1 atom stereocenters. The lowest BCUT2D eigenvalue weighted by Crippen LogP contribution is -2.11. The van der Waals surface area contributed by atoms with Gasteiger partial charge in [0.2, 0.25) is 0 Å². The van der Waals surface area contributed by atoms with Crippen LogP contribution in [0.1, 0.15) is 28.5 Å². The lowest BCUT2D eigenvalue weighted by atomic mass is 10.3. The van der Waals surface area contributed by atoms with E-state index in [9.17, 15) is 5.11 Å². The quantitative estimate of drug-likeness (QED) is 0.803. The Morgan fingerprint density at radius 1 is 1.56 bits per heavy atom. The highest BCUT2D eigenvalue weighted by Crippen LogP contribution is 2.14. The molecule has 3 N–H and O–H groups in total. The van der Waals surface area contributed by atoms with E-state index in [1.165, 1.54) is 0 Å². The van der Waals surface area contributed by atoms with Gasteiger partial charge in [0.25, 0.3) is 5.89 Å². The molecule has 0 radical (unpaired) electrons. The summed E-state index contributed by atoms with van der Waals surface area (Å²) >= 11 is 1.55. The van der Waals surface area contributed by atoms with Crippen LogP contribution in [0.3, 0.4) is 0 Å². The van der Waals surface area contributed by atoms with E-state index in [4.69, 9.17) is 10.3 Å². The molecule has 2 aromatic rings. The second kappa shape index (κ2) is 4.69. The first-order valence-corrected chi connectivity index (χ1v) is 5.68. The highest BCUT2D eigenvalue weighted by atomic mass is 32.1. The first-order valence-electron chi connectivity index (χ1n) is 4.80. The SMILES string of the molecule is Cc1csc(Cc2noc(C(O)CN)n2)n1. The standard InChI is InChI=1S/C9H12N4O2S/c1-5-4-16-8(11-5)2-7-12-9(15-13-7)6(14)3-10/h4,6,14H,2-3,10H2,1H3. The number of hydrogen-bond acceptors (Lipinski definition) is 7. The molecule has 1 unspecified atom stereocenters. The number of aliphatic hydroxyl groups is 1. The summed E-state index contributed by atoms with van der Waals surface area (Å²) in [6.07, 6.45) is -0.376. The molecule has 7 heteroatoms. The predicted octanol–water partition coefficient (Wildman–Crippen LogP) is 0.417. The van der Waals surface area contributed by atoms with Crippen LogP contribution in [0.5, 0.6) is 0 Å². The van der Waals surface area contributed by atoms with E-state index in [1.54, 1.807) is 11.3 Å². The van der Waals surface area contributed by atoms with Gasteiger partial charge in [0.15, 0.2) is 5.82 Å². The molecule has 86 valence electrons. The molecular formula is C9H12N4O2S. The number of thiazole rings is 1. The fourth-order valence-corrected chi connectivity index (χ4v) is 1.96. The third-order valence-corrected chi connectivity index (χ3v) is 2.93. The fourth-order valence-electron chi connectivity index (χ4n) is 1.19. The second-order valence-electron chi connectivity index (χ2n) is 3.36. The Labute approximate surface area is 96.1 Å². The minimum absolute atomic E-state index is 0.0675. The Morgan fingerprint density at radius 2 is 2.38 bits per heavy atom. The van der Waals surface area contributed by atoms with E-state index in [-0.39, 0.29) is 12.4 Å². The summed E-state index contributed by atoms with van der Waals surface area (Å²) in [5.74, 6) is 0.669. The van der Waals surface area contributed by atoms with Gasteiger partial charge in [0, 0.05) is 17.6 Å². The maximum Gasteiger partial charge on any atom is 0.256 e. The van der Waals surface area contributed by atoms with Crippen LogP contribution < -0.4 is 5.73 Å². The molecule has 0 saturated carbocycles. The summed E-state index contributed by atoms with van der Waals surface area (Å²) in [5, 5.41) is 16.0. The van der Waals surface area contributed by atoms with E-state index in [2.05, 4.69) is 15.1 Å². The van der Waals surface area contributed by atoms with Gasteiger partial charge in [-0.2, -0.15) is 4.98 Å². The normalized spacial score (nSPS) is 12.9. The number of aryl methyl sites for hydroxylation is 1. The maximum absolute atomic E-state index is 9.38. The lowest BCUT2D eigenvalue weighted by molar-refractivity contribution is 0.141. The molecule has 0 aliphatic rings. The van der Waals surface area contributed by atoms with Gasteiger partial charge in [0.05, 0.1) is 6.42 Å². The largest absolute Gasteiger partial charge is 0.382 e. The molecule has 0 amide bonds. The van der Waals surface area contributed by atoms with Crippen molar-refractivity contribution >= 4 is 11.3 Å². The van der Waals surface area contributed by atoms with Crippen molar-refractivity contribution in [2.24, 2.45) is 5.73 Å². The number of nitrogens with two attached hydrogens (primary N) is 1. The number of hydrogen-bond donors (Lipinski definition) is 2. The molecule has 0 aliphatic carbocycles. The maximum atomic E-state index is 9.38. The smallest absolute Gasteiger partial charge is 0.256 e. The van der Waals surface area contributed by atoms with Gasteiger partial charge >= 0.3 is 0 Å². The molecule has 0 bridgehead atoms. The minimum atomic E-state index is -0.890. The van der Waals surface area contributed by atoms with Crippen molar-refractivity contribution in [2.45, 2.75) is 19.4 Å². The highest BCUT2D eigenvalue weighted by molar-refractivity contribution is 7.09. The summed E-state index contributed by atoms with van der Waals surface area (Å²) in [5.41, 5.74) is 6.26. The molecule has 0 saturated heterocycles. The van der Waals surface area contributed by atoms with Crippen molar-refractivity contribution in [3.63, 3.8) is 0 Å². The van der Waals surface area contributed by atoms with Gasteiger partial charge in [-0.05, 0) is 6.92 Å². The number of aromatic nitrogens is 3. The van der Waals surface area contributed by atoms with Crippen molar-refractivity contribution < 1.29 is 9.63 Å². The van der Waals surface area contributed by atoms with E-state index in [0.717, 1.165) is 10.7 Å². The predicted molar refractivity (Wildman–Crippen MR) is 58.0 cm³/mol. The van der Waals surface area contributed by atoms with Crippen LogP contribution in [0.25, 0.3) is 0 Å². The Morgan fingerprint density at radius 3 is 3.00 bits per heavy atom. The zero-order valence-electron chi connectivity index (χ0n) is 8.75. The third-order valence-electron chi connectivity index (χ3n) is 1.97. The molecular weight excluding hydrogens is 228 g/mol. The van der Waals surface area contributed by atoms with Gasteiger partial charge in [0.1, 0.15) is 11.1 Å². The molecule has 2 rings (SSSR count). The number of rotatable bonds is 4. The van der Waals surface area contributed by atoms with Crippen molar-refractivity contribution in [3.8, 4) is 0 Å². The first kappa shape index (κ1) is 11.2. The van der Waals surface area contributed by atoms with Crippen LogP contribution >= 0.6 is 11.3 Å². The molecule has 2 heterocycles. The third kappa shape index (κ3) is 2.43. The molecule has 0 aromatic carbocycles. The highest BCUT2D eigenvalue weighted by Gasteiger charge is 2.15. The molecule has 0 aliphatic heterocycles. The Kier molecular flexibility index (Phi) is 3.28. The Balaban J connectivity index is 2.08. The van der Waals surface area contributed by atoms with Gasteiger partial charge in [-0.15, -0.1) is 11.3 Å². The van der Waals surface area contributed by atoms with Crippen LogP contribution in [-0.4, -0.2) is 26.8 Å². The topological polar surface area (TPSA) is 98.1 Å². The van der Waals surface area contributed by atoms with Gasteiger partial charge in [-0.3, -0.25) is 0 Å². The number of nitrogens with zero attached hydrogens (tertiary/aromatic N) is 3. The Bertz CT molecular complexity index is 468. The van der Waals surface area contributed by atoms with Crippen LogP contribution in [0.4, 0.5) is 0 Å². The van der Waals surface area contributed by atoms with Gasteiger partial charge < -0.3 is 15.4 Å². The van der Waals surface area contributed by atoms with E-state index in [1.807, 2.05) is 12.3 Å². The summed E-state index contributed by atoms with van der Waals surface area (Å²) in [4.78, 5) is 8.33. The van der Waals surface area contributed by atoms with Crippen molar-refractivity contribution in [3.05, 3.63) is 27.8 Å². The molecule has 0 fully saturated rings.